The molecule has 0 spiro atoms. The first-order valence-corrected chi connectivity index (χ1v) is 8.36. The first-order valence-electron chi connectivity index (χ1n) is 7.54. The van der Waals surface area contributed by atoms with Gasteiger partial charge in [0.1, 0.15) is 10.7 Å². The van der Waals surface area contributed by atoms with Crippen LogP contribution in [0.25, 0.3) is 0 Å². The van der Waals surface area contributed by atoms with E-state index >= 15 is 0 Å². The van der Waals surface area contributed by atoms with Gasteiger partial charge in [-0.05, 0) is 36.6 Å². The number of hydrogen-bond acceptors (Lipinski definition) is 5. The first-order chi connectivity index (χ1) is 11.4. The molecule has 0 aliphatic carbocycles. The van der Waals surface area contributed by atoms with Crippen LogP contribution < -0.4 is 10.4 Å². The predicted molar refractivity (Wildman–Crippen MR) is 91.0 cm³/mol. The third kappa shape index (κ3) is 4.61. The topological polar surface area (TPSA) is 60.7 Å². The van der Waals surface area contributed by atoms with Gasteiger partial charge in [-0.1, -0.05) is 25.2 Å². The van der Waals surface area contributed by atoms with Gasteiger partial charge in [0.2, 0.25) is 0 Å². The van der Waals surface area contributed by atoms with Crippen LogP contribution in [0.4, 0.5) is 10.1 Å². The monoisotopic (exact) mass is 350 g/mol. The number of aromatic nitrogens is 1. The Bertz CT molecular complexity index is 838. The maximum atomic E-state index is 13.0. The van der Waals surface area contributed by atoms with Gasteiger partial charge in [-0.15, -0.1) is 0 Å². The zero-order chi connectivity index (χ0) is 17.7. The summed E-state index contributed by atoms with van der Waals surface area (Å²) in [5, 5.41) is 0. The second kappa shape index (κ2) is 8.01. The molecule has 2 rings (SSSR count). The quantitative estimate of drug-likeness (QED) is 0.779. The minimum absolute atomic E-state index is 0.184. The molecule has 24 heavy (non-hydrogen) atoms. The van der Waals surface area contributed by atoms with E-state index in [9.17, 15) is 14.0 Å². The Morgan fingerprint density at radius 2 is 2.00 bits per heavy atom. The molecule has 0 atom stereocenters. The number of halogens is 1. The molecule has 5 nitrogen and oxygen atoms in total. The van der Waals surface area contributed by atoms with Crippen molar-refractivity contribution in [2.75, 3.05) is 7.11 Å². The van der Waals surface area contributed by atoms with E-state index in [0.29, 0.717) is 23.0 Å². The van der Waals surface area contributed by atoms with Crippen LogP contribution in [-0.2, 0) is 11.3 Å². The van der Waals surface area contributed by atoms with E-state index in [1.54, 1.807) is 0 Å². The highest BCUT2D eigenvalue weighted by molar-refractivity contribution is 7.11. The fourth-order valence-electron chi connectivity index (χ4n) is 1.97. The average Bonchev–Trinajstić information content (AvgIpc) is 2.55. The summed E-state index contributed by atoms with van der Waals surface area (Å²) >= 11 is 1.07. The second-order valence-corrected chi connectivity index (χ2v) is 6.65. The maximum Gasteiger partial charge on any atom is 0.348 e. The normalized spacial score (nSPS) is 11.8. The number of nitrogens with zero attached hydrogens (tertiary/aromatic N) is 2. The molecular formula is C17H19FN2O3S. The molecule has 0 saturated heterocycles. The van der Waals surface area contributed by atoms with Crippen molar-refractivity contribution in [3.8, 4) is 0 Å². The number of ether oxygens (including phenoxy) is 1. The van der Waals surface area contributed by atoms with Gasteiger partial charge in [0.15, 0.2) is 4.80 Å². The van der Waals surface area contributed by atoms with Crippen LogP contribution in [0.15, 0.2) is 40.1 Å². The van der Waals surface area contributed by atoms with E-state index in [0.717, 1.165) is 17.8 Å². The lowest BCUT2D eigenvalue weighted by Crippen LogP contribution is -2.33. The summed E-state index contributed by atoms with van der Waals surface area (Å²) in [6, 6.07) is 6.89. The molecule has 7 heteroatoms. The van der Waals surface area contributed by atoms with Crippen molar-refractivity contribution in [2.45, 2.75) is 26.8 Å². The summed E-state index contributed by atoms with van der Waals surface area (Å²) in [6.45, 7) is 4.62. The first kappa shape index (κ1) is 18.1. The lowest BCUT2D eigenvalue weighted by Gasteiger charge is -2.09. The number of esters is 1. The fourth-order valence-corrected chi connectivity index (χ4v) is 2.94. The molecule has 0 N–H and O–H groups in total. The third-order valence-corrected chi connectivity index (χ3v) is 4.32. The Morgan fingerprint density at radius 3 is 2.58 bits per heavy atom. The number of methoxy groups -OCH3 is 1. The zero-order valence-electron chi connectivity index (χ0n) is 13.8. The van der Waals surface area contributed by atoms with Crippen molar-refractivity contribution in [1.82, 2.24) is 4.57 Å². The Morgan fingerprint density at radius 1 is 1.33 bits per heavy atom. The summed E-state index contributed by atoms with van der Waals surface area (Å²) < 4.78 is 19.2. The van der Waals surface area contributed by atoms with Crippen molar-refractivity contribution in [2.24, 2.45) is 10.9 Å². The third-order valence-electron chi connectivity index (χ3n) is 3.32. The molecule has 0 amide bonds. The smallest absolute Gasteiger partial charge is 0.348 e. The Balaban J connectivity index is 2.59. The standard InChI is InChI=1S/C17H19FN2O3S/c1-11(2)8-9-20-15(21)10-14(16(22)23-3)24-17(20)19-13-6-4-12(18)5-7-13/h4-7,10-11H,8-9H2,1-3H3. The van der Waals surface area contributed by atoms with Gasteiger partial charge in [-0.25, -0.2) is 14.2 Å². The molecule has 0 unspecified atom stereocenters. The van der Waals surface area contributed by atoms with E-state index in [4.69, 9.17) is 0 Å². The van der Waals surface area contributed by atoms with Crippen molar-refractivity contribution >= 4 is 23.0 Å². The number of benzene rings is 1. The van der Waals surface area contributed by atoms with Crippen molar-refractivity contribution in [3.05, 3.63) is 56.2 Å². The van der Waals surface area contributed by atoms with Crippen molar-refractivity contribution < 1.29 is 13.9 Å². The molecule has 0 fully saturated rings. The average molecular weight is 350 g/mol. The minimum atomic E-state index is -0.580. The van der Waals surface area contributed by atoms with Crippen LogP contribution in [-0.4, -0.2) is 17.6 Å². The second-order valence-electron chi connectivity index (χ2n) is 5.65. The summed E-state index contributed by atoms with van der Waals surface area (Å²) in [5.41, 5.74) is 0.197. The molecule has 1 aromatic carbocycles. The number of rotatable bonds is 5. The molecule has 0 radical (unpaired) electrons. The lowest BCUT2D eigenvalue weighted by molar-refractivity contribution is 0.0605. The van der Waals surface area contributed by atoms with E-state index in [-0.39, 0.29) is 16.3 Å². The van der Waals surface area contributed by atoms with Gasteiger partial charge in [0, 0.05) is 12.6 Å². The van der Waals surface area contributed by atoms with Gasteiger partial charge >= 0.3 is 5.97 Å². The summed E-state index contributed by atoms with van der Waals surface area (Å²) in [6.07, 6.45) is 0.802. The van der Waals surface area contributed by atoms with Crippen LogP contribution in [0.3, 0.4) is 0 Å². The lowest BCUT2D eigenvalue weighted by atomic mass is 10.1. The molecule has 0 aliphatic heterocycles. The number of hydrogen-bond donors (Lipinski definition) is 0. The highest BCUT2D eigenvalue weighted by Gasteiger charge is 2.12. The van der Waals surface area contributed by atoms with Gasteiger partial charge in [-0.3, -0.25) is 9.36 Å². The Hall–Kier alpha value is -2.28. The SMILES string of the molecule is COC(=O)c1cc(=O)n(CCC(C)C)c(=Nc2ccc(F)cc2)s1. The summed E-state index contributed by atoms with van der Waals surface area (Å²) in [7, 11) is 1.26. The summed E-state index contributed by atoms with van der Waals surface area (Å²) in [4.78, 5) is 29.1. The van der Waals surface area contributed by atoms with E-state index < -0.39 is 5.97 Å². The fraction of sp³-hybridized carbons (Fsp3) is 0.353. The van der Waals surface area contributed by atoms with Gasteiger partial charge in [0.25, 0.3) is 5.56 Å². The molecule has 2 aromatic rings. The number of carbonyl (C=O) groups is 1. The molecule has 0 aliphatic rings. The van der Waals surface area contributed by atoms with E-state index in [1.165, 1.54) is 42.0 Å². The van der Waals surface area contributed by atoms with Gasteiger partial charge in [-0.2, -0.15) is 0 Å². The predicted octanol–water partition coefficient (Wildman–Crippen LogP) is 3.11. The van der Waals surface area contributed by atoms with E-state index in [1.807, 2.05) is 0 Å². The Labute approximate surface area is 143 Å². The molecular weight excluding hydrogens is 331 g/mol. The van der Waals surface area contributed by atoms with Crippen LogP contribution in [0.5, 0.6) is 0 Å². The molecule has 1 heterocycles. The van der Waals surface area contributed by atoms with Crippen LogP contribution in [0.2, 0.25) is 0 Å². The molecule has 0 saturated carbocycles. The van der Waals surface area contributed by atoms with E-state index in [2.05, 4.69) is 23.6 Å². The van der Waals surface area contributed by atoms with Gasteiger partial charge < -0.3 is 4.74 Å². The largest absolute Gasteiger partial charge is 0.465 e. The van der Waals surface area contributed by atoms with Crippen LogP contribution in [0, 0.1) is 11.7 Å². The highest BCUT2D eigenvalue weighted by atomic mass is 32.1. The molecule has 128 valence electrons. The maximum absolute atomic E-state index is 13.0. The van der Waals surface area contributed by atoms with Crippen LogP contribution in [0.1, 0.15) is 29.9 Å². The van der Waals surface area contributed by atoms with Crippen LogP contribution >= 0.6 is 11.3 Å². The zero-order valence-corrected chi connectivity index (χ0v) is 14.6. The van der Waals surface area contributed by atoms with Crippen molar-refractivity contribution in [1.29, 1.82) is 0 Å². The Kier molecular flexibility index (Phi) is 6.03. The molecule has 1 aromatic heterocycles. The van der Waals surface area contributed by atoms with Crippen molar-refractivity contribution in [3.63, 3.8) is 0 Å². The minimum Gasteiger partial charge on any atom is -0.465 e. The number of carbonyl (C=O) groups excluding carboxylic acids is 1. The summed E-state index contributed by atoms with van der Waals surface area (Å²) in [5.74, 6) is -0.525. The highest BCUT2D eigenvalue weighted by Crippen LogP contribution is 2.12. The molecule has 0 bridgehead atoms. The van der Waals surface area contributed by atoms with Gasteiger partial charge in [0.05, 0.1) is 12.8 Å².